The largest absolute Gasteiger partial charge is 0.361 e. The standard InChI is InChI=1S/C11H19N3O2/c1-4-11(12,5-2)7-13-10(15)9-6-14-16-8(9)3/h6H,4-5,7,12H2,1-3H3,(H,13,15). The van der Waals surface area contributed by atoms with Crippen molar-refractivity contribution in [3.63, 3.8) is 0 Å². The summed E-state index contributed by atoms with van der Waals surface area (Å²) in [6.07, 6.45) is 3.07. The number of carbonyl (C=O) groups is 1. The molecular weight excluding hydrogens is 206 g/mol. The van der Waals surface area contributed by atoms with Gasteiger partial charge >= 0.3 is 0 Å². The Bertz CT molecular complexity index is 356. The number of nitrogens with zero attached hydrogens (tertiary/aromatic N) is 1. The van der Waals surface area contributed by atoms with Crippen molar-refractivity contribution < 1.29 is 9.32 Å². The second-order valence-corrected chi connectivity index (χ2v) is 4.05. The van der Waals surface area contributed by atoms with Gasteiger partial charge < -0.3 is 15.6 Å². The topological polar surface area (TPSA) is 81.1 Å². The van der Waals surface area contributed by atoms with E-state index in [1.54, 1.807) is 6.92 Å². The van der Waals surface area contributed by atoms with Crippen molar-refractivity contribution in [3.8, 4) is 0 Å². The van der Waals surface area contributed by atoms with Crippen LogP contribution >= 0.6 is 0 Å². The predicted octanol–water partition coefficient (Wildman–Crippen LogP) is 1.23. The molecule has 1 aromatic heterocycles. The summed E-state index contributed by atoms with van der Waals surface area (Å²) in [5, 5.41) is 6.36. The molecule has 0 bridgehead atoms. The summed E-state index contributed by atoms with van der Waals surface area (Å²) in [6.45, 7) is 6.20. The summed E-state index contributed by atoms with van der Waals surface area (Å²) in [5.41, 5.74) is 6.22. The van der Waals surface area contributed by atoms with Gasteiger partial charge in [-0.15, -0.1) is 0 Å². The van der Waals surface area contributed by atoms with Crippen LogP contribution in [0.15, 0.2) is 10.7 Å². The first-order valence-corrected chi connectivity index (χ1v) is 5.50. The first-order chi connectivity index (χ1) is 7.52. The van der Waals surface area contributed by atoms with E-state index in [0.29, 0.717) is 17.9 Å². The maximum atomic E-state index is 11.7. The molecule has 1 heterocycles. The van der Waals surface area contributed by atoms with E-state index in [9.17, 15) is 4.79 Å². The van der Waals surface area contributed by atoms with Gasteiger partial charge in [0, 0.05) is 12.1 Å². The minimum atomic E-state index is -0.333. The van der Waals surface area contributed by atoms with Crippen molar-refractivity contribution in [2.75, 3.05) is 6.54 Å². The van der Waals surface area contributed by atoms with Gasteiger partial charge in [-0.2, -0.15) is 0 Å². The van der Waals surface area contributed by atoms with E-state index in [-0.39, 0.29) is 11.4 Å². The second-order valence-electron chi connectivity index (χ2n) is 4.05. The van der Waals surface area contributed by atoms with Gasteiger partial charge in [0.25, 0.3) is 5.91 Å². The summed E-state index contributed by atoms with van der Waals surface area (Å²) in [4.78, 5) is 11.7. The lowest BCUT2D eigenvalue weighted by atomic mass is 9.94. The molecule has 0 spiro atoms. The lowest BCUT2D eigenvalue weighted by molar-refractivity contribution is 0.0940. The Morgan fingerprint density at radius 2 is 2.19 bits per heavy atom. The summed E-state index contributed by atoms with van der Waals surface area (Å²) in [5.74, 6) is 0.337. The van der Waals surface area contributed by atoms with Crippen LogP contribution in [0.2, 0.25) is 0 Å². The van der Waals surface area contributed by atoms with Crippen LogP contribution in [0.1, 0.15) is 42.8 Å². The molecular formula is C11H19N3O2. The highest BCUT2D eigenvalue weighted by atomic mass is 16.5. The molecule has 90 valence electrons. The molecule has 0 atom stereocenters. The maximum absolute atomic E-state index is 11.7. The van der Waals surface area contributed by atoms with Gasteiger partial charge in [-0.3, -0.25) is 4.79 Å². The SMILES string of the molecule is CCC(N)(CC)CNC(=O)c1cnoc1C. The molecule has 0 unspecified atom stereocenters. The Morgan fingerprint density at radius 3 is 2.62 bits per heavy atom. The lowest BCUT2D eigenvalue weighted by Crippen LogP contribution is -2.49. The zero-order valence-corrected chi connectivity index (χ0v) is 10.0. The fraction of sp³-hybridized carbons (Fsp3) is 0.636. The van der Waals surface area contributed by atoms with E-state index < -0.39 is 0 Å². The zero-order chi connectivity index (χ0) is 12.2. The summed E-state index contributed by atoms with van der Waals surface area (Å²) in [7, 11) is 0. The Kier molecular flexibility index (Phi) is 4.06. The van der Waals surface area contributed by atoms with E-state index in [1.165, 1.54) is 6.20 Å². The van der Waals surface area contributed by atoms with Gasteiger partial charge in [-0.25, -0.2) is 0 Å². The number of hydrogen-bond donors (Lipinski definition) is 2. The number of nitrogens with two attached hydrogens (primary N) is 1. The molecule has 0 aliphatic carbocycles. The average Bonchev–Trinajstić information content (AvgIpc) is 2.72. The monoisotopic (exact) mass is 225 g/mol. The van der Waals surface area contributed by atoms with Crippen LogP contribution in [0, 0.1) is 6.92 Å². The van der Waals surface area contributed by atoms with Crippen molar-refractivity contribution >= 4 is 5.91 Å². The van der Waals surface area contributed by atoms with Crippen LogP contribution < -0.4 is 11.1 Å². The van der Waals surface area contributed by atoms with E-state index in [2.05, 4.69) is 10.5 Å². The number of rotatable bonds is 5. The van der Waals surface area contributed by atoms with E-state index in [0.717, 1.165) is 12.8 Å². The Labute approximate surface area is 95.4 Å². The van der Waals surface area contributed by atoms with Gasteiger partial charge in [0.15, 0.2) is 0 Å². The van der Waals surface area contributed by atoms with Gasteiger partial charge in [-0.05, 0) is 19.8 Å². The Balaban J connectivity index is 2.57. The van der Waals surface area contributed by atoms with E-state index >= 15 is 0 Å². The van der Waals surface area contributed by atoms with Crippen LogP contribution in [0.3, 0.4) is 0 Å². The van der Waals surface area contributed by atoms with E-state index in [4.69, 9.17) is 10.3 Å². The molecule has 1 rings (SSSR count). The molecule has 1 amide bonds. The third kappa shape index (κ3) is 2.82. The fourth-order valence-electron chi connectivity index (χ4n) is 1.37. The van der Waals surface area contributed by atoms with Gasteiger partial charge in [-0.1, -0.05) is 19.0 Å². The Hall–Kier alpha value is -1.36. The van der Waals surface area contributed by atoms with Crippen LogP contribution in [-0.2, 0) is 0 Å². The molecule has 0 aliphatic rings. The first kappa shape index (κ1) is 12.7. The third-order valence-corrected chi connectivity index (χ3v) is 3.00. The van der Waals surface area contributed by atoms with Crippen molar-refractivity contribution in [3.05, 3.63) is 17.5 Å². The minimum absolute atomic E-state index is 0.185. The van der Waals surface area contributed by atoms with E-state index in [1.807, 2.05) is 13.8 Å². The molecule has 5 heteroatoms. The zero-order valence-electron chi connectivity index (χ0n) is 10.0. The molecule has 0 aliphatic heterocycles. The van der Waals surface area contributed by atoms with Gasteiger partial charge in [0.1, 0.15) is 11.3 Å². The quantitative estimate of drug-likeness (QED) is 0.789. The summed E-state index contributed by atoms with van der Waals surface area (Å²) in [6, 6.07) is 0. The number of hydrogen-bond acceptors (Lipinski definition) is 4. The third-order valence-electron chi connectivity index (χ3n) is 3.00. The molecule has 16 heavy (non-hydrogen) atoms. The normalized spacial score (nSPS) is 11.5. The lowest BCUT2D eigenvalue weighted by Gasteiger charge is -2.26. The molecule has 0 aromatic carbocycles. The second kappa shape index (κ2) is 5.12. The van der Waals surface area contributed by atoms with Crippen LogP contribution in [0.5, 0.6) is 0 Å². The van der Waals surface area contributed by atoms with Crippen molar-refractivity contribution in [1.82, 2.24) is 10.5 Å². The molecule has 0 fully saturated rings. The first-order valence-electron chi connectivity index (χ1n) is 5.50. The summed E-state index contributed by atoms with van der Waals surface area (Å²) >= 11 is 0. The highest BCUT2D eigenvalue weighted by Gasteiger charge is 2.22. The van der Waals surface area contributed by atoms with Crippen molar-refractivity contribution in [2.45, 2.75) is 39.2 Å². The molecule has 0 saturated carbocycles. The van der Waals surface area contributed by atoms with Crippen LogP contribution in [0.25, 0.3) is 0 Å². The smallest absolute Gasteiger partial charge is 0.256 e. The minimum Gasteiger partial charge on any atom is -0.361 e. The summed E-state index contributed by atoms with van der Waals surface area (Å²) < 4.78 is 4.83. The molecule has 1 aromatic rings. The van der Waals surface area contributed by atoms with Crippen molar-refractivity contribution in [1.29, 1.82) is 0 Å². The van der Waals surface area contributed by atoms with Crippen LogP contribution in [0.4, 0.5) is 0 Å². The van der Waals surface area contributed by atoms with Gasteiger partial charge in [0.05, 0.1) is 6.20 Å². The highest BCUT2D eigenvalue weighted by molar-refractivity contribution is 5.94. The number of carbonyl (C=O) groups excluding carboxylic acids is 1. The molecule has 3 N–H and O–H groups in total. The highest BCUT2D eigenvalue weighted by Crippen LogP contribution is 2.10. The molecule has 0 saturated heterocycles. The molecule has 0 radical (unpaired) electrons. The predicted molar refractivity (Wildman–Crippen MR) is 61.1 cm³/mol. The number of nitrogens with one attached hydrogen (secondary N) is 1. The van der Waals surface area contributed by atoms with Crippen LogP contribution in [-0.4, -0.2) is 23.1 Å². The average molecular weight is 225 g/mol. The van der Waals surface area contributed by atoms with Crippen molar-refractivity contribution in [2.24, 2.45) is 5.73 Å². The molecule has 5 nitrogen and oxygen atoms in total. The Morgan fingerprint density at radius 1 is 1.56 bits per heavy atom. The number of aromatic nitrogens is 1. The van der Waals surface area contributed by atoms with Gasteiger partial charge in [0.2, 0.25) is 0 Å². The maximum Gasteiger partial charge on any atom is 0.256 e. The number of amides is 1. The fourth-order valence-corrected chi connectivity index (χ4v) is 1.37. The number of aryl methyl sites for hydroxylation is 1.